The van der Waals surface area contributed by atoms with Crippen molar-refractivity contribution in [1.82, 2.24) is 5.32 Å². The maximum atomic E-state index is 3.82. The molecule has 1 N–H and O–H groups in total. The van der Waals surface area contributed by atoms with Crippen LogP contribution in [0.25, 0.3) is 0 Å². The summed E-state index contributed by atoms with van der Waals surface area (Å²) < 4.78 is 0. The molecule has 1 heteroatoms. The van der Waals surface area contributed by atoms with Crippen LogP contribution in [-0.4, -0.2) is 12.1 Å². The van der Waals surface area contributed by atoms with Crippen LogP contribution in [0.3, 0.4) is 0 Å². The number of hydrogen-bond donors (Lipinski definition) is 1. The van der Waals surface area contributed by atoms with Crippen LogP contribution in [-0.2, 0) is 0 Å². The van der Waals surface area contributed by atoms with E-state index in [1.807, 2.05) is 6.08 Å². The van der Waals surface area contributed by atoms with Crippen LogP contribution >= 0.6 is 0 Å². The van der Waals surface area contributed by atoms with Crippen LogP contribution < -0.4 is 5.32 Å². The van der Waals surface area contributed by atoms with Gasteiger partial charge in [0, 0.05) is 12.1 Å². The molecule has 92 valence electrons. The van der Waals surface area contributed by atoms with E-state index in [-0.39, 0.29) is 0 Å². The quantitative estimate of drug-likeness (QED) is 0.671. The molecule has 16 heavy (non-hydrogen) atoms. The van der Waals surface area contributed by atoms with Crippen LogP contribution in [0.4, 0.5) is 0 Å². The topological polar surface area (TPSA) is 12.0 Å². The largest absolute Gasteiger partial charge is 0.311 e. The molecule has 2 rings (SSSR count). The molecule has 0 heterocycles. The van der Waals surface area contributed by atoms with Gasteiger partial charge in [0.1, 0.15) is 0 Å². The average Bonchev–Trinajstić information content (AvgIpc) is 3.10. The molecule has 0 aromatic carbocycles. The van der Waals surface area contributed by atoms with Gasteiger partial charge in [-0.2, -0.15) is 0 Å². The van der Waals surface area contributed by atoms with Gasteiger partial charge in [0.2, 0.25) is 0 Å². The fourth-order valence-corrected chi connectivity index (χ4v) is 3.23. The van der Waals surface area contributed by atoms with Crippen molar-refractivity contribution in [3.05, 3.63) is 12.7 Å². The van der Waals surface area contributed by atoms with Crippen LogP contribution in [0.5, 0.6) is 0 Å². The van der Waals surface area contributed by atoms with Crippen molar-refractivity contribution in [1.29, 1.82) is 0 Å². The van der Waals surface area contributed by atoms with E-state index in [0.717, 1.165) is 24.3 Å². The zero-order chi connectivity index (χ0) is 11.4. The molecule has 0 radical (unpaired) electrons. The average molecular weight is 221 g/mol. The Morgan fingerprint density at radius 2 is 2.06 bits per heavy atom. The Labute approximate surface area is 101 Å². The molecule has 0 aromatic rings. The normalized spacial score (nSPS) is 32.3. The number of rotatable bonds is 6. The van der Waals surface area contributed by atoms with Gasteiger partial charge in [-0.05, 0) is 57.3 Å². The van der Waals surface area contributed by atoms with Gasteiger partial charge in [-0.1, -0.05) is 18.9 Å². The Bertz CT molecular complexity index is 219. The van der Waals surface area contributed by atoms with Crippen LogP contribution in [0.2, 0.25) is 0 Å². The lowest BCUT2D eigenvalue weighted by Gasteiger charge is -2.32. The number of allylic oxidation sites excluding steroid dienone is 1. The van der Waals surface area contributed by atoms with E-state index in [1.54, 1.807) is 0 Å². The minimum Gasteiger partial charge on any atom is -0.311 e. The van der Waals surface area contributed by atoms with Crippen molar-refractivity contribution >= 4 is 0 Å². The molecule has 0 saturated heterocycles. The van der Waals surface area contributed by atoms with Gasteiger partial charge in [0.25, 0.3) is 0 Å². The van der Waals surface area contributed by atoms with Crippen LogP contribution in [0, 0.1) is 11.8 Å². The first-order chi connectivity index (χ1) is 7.79. The Kier molecular flexibility index (Phi) is 4.45. The third-order valence-electron chi connectivity index (χ3n) is 4.33. The predicted molar refractivity (Wildman–Crippen MR) is 70.5 cm³/mol. The molecule has 3 atom stereocenters. The molecule has 2 aliphatic rings. The molecule has 0 bridgehead atoms. The summed E-state index contributed by atoms with van der Waals surface area (Å²) in [4.78, 5) is 0. The highest BCUT2D eigenvalue weighted by atomic mass is 14.9. The van der Waals surface area contributed by atoms with Gasteiger partial charge in [-0.25, -0.2) is 0 Å². The van der Waals surface area contributed by atoms with Crippen LogP contribution in [0.15, 0.2) is 12.7 Å². The second-order valence-corrected chi connectivity index (χ2v) is 5.89. The number of nitrogens with one attached hydrogen (secondary N) is 1. The summed E-state index contributed by atoms with van der Waals surface area (Å²) in [6.07, 6.45) is 13.3. The third-order valence-corrected chi connectivity index (χ3v) is 4.33. The van der Waals surface area contributed by atoms with Crippen molar-refractivity contribution in [3.63, 3.8) is 0 Å². The highest BCUT2D eigenvalue weighted by Crippen LogP contribution is 2.43. The molecule has 3 unspecified atom stereocenters. The molecule has 0 spiro atoms. The molecule has 2 aliphatic carbocycles. The summed E-state index contributed by atoms with van der Waals surface area (Å²) in [5.74, 6) is 2.16. The monoisotopic (exact) mass is 221 g/mol. The summed E-state index contributed by atoms with van der Waals surface area (Å²) in [6.45, 7) is 6.12. The van der Waals surface area contributed by atoms with Gasteiger partial charge in [-0.15, -0.1) is 6.58 Å². The summed E-state index contributed by atoms with van der Waals surface area (Å²) >= 11 is 0. The molecule has 2 saturated carbocycles. The second-order valence-electron chi connectivity index (χ2n) is 5.89. The van der Waals surface area contributed by atoms with Crippen molar-refractivity contribution in [2.45, 2.75) is 70.4 Å². The Morgan fingerprint density at radius 3 is 2.75 bits per heavy atom. The molecular weight excluding hydrogens is 194 g/mol. The van der Waals surface area contributed by atoms with E-state index < -0.39 is 0 Å². The summed E-state index contributed by atoms with van der Waals surface area (Å²) in [6, 6.07) is 1.47. The predicted octanol–water partition coefficient (Wildman–Crippen LogP) is 3.90. The number of hydrogen-bond acceptors (Lipinski definition) is 1. The minimum atomic E-state index is 0.668. The van der Waals surface area contributed by atoms with Gasteiger partial charge in [0.15, 0.2) is 0 Å². The van der Waals surface area contributed by atoms with E-state index in [1.165, 1.54) is 44.9 Å². The lowest BCUT2D eigenvalue weighted by molar-refractivity contribution is 0.246. The smallest absolute Gasteiger partial charge is 0.00722 e. The molecule has 0 aliphatic heterocycles. The highest BCUT2D eigenvalue weighted by molar-refractivity contribution is 4.88. The summed E-state index contributed by atoms with van der Waals surface area (Å²) in [5, 5.41) is 3.82. The Balaban J connectivity index is 1.69. The van der Waals surface area contributed by atoms with Gasteiger partial charge >= 0.3 is 0 Å². The van der Waals surface area contributed by atoms with E-state index in [9.17, 15) is 0 Å². The maximum absolute atomic E-state index is 3.82. The minimum absolute atomic E-state index is 0.668. The summed E-state index contributed by atoms with van der Waals surface area (Å²) in [5.41, 5.74) is 0. The Morgan fingerprint density at radius 1 is 1.25 bits per heavy atom. The van der Waals surface area contributed by atoms with Crippen molar-refractivity contribution < 1.29 is 0 Å². The van der Waals surface area contributed by atoms with Crippen molar-refractivity contribution in [2.24, 2.45) is 11.8 Å². The molecular formula is C15H27N. The summed E-state index contributed by atoms with van der Waals surface area (Å²) in [7, 11) is 0. The van der Waals surface area contributed by atoms with Gasteiger partial charge in [0.05, 0.1) is 0 Å². The fourth-order valence-electron chi connectivity index (χ4n) is 3.23. The second kappa shape index (κ2) is 5.86. The van der Waals surface area contributed by atoms with Gasteiger partial charge < -0.3 is 5.32 Å². The molecule has 0 amide bonds. The van der Waals surface area contributed by atoms with E-state index in [4.69, 9.17) is 0 Å². The molecule has 0 aromatic heterocycles. The van der Waals surface area contributed by atoms with E-state index in [0.29, 0.717) is 6.04 Å². The molecule has 2 fully saturated rings. The molecule has 1 nitrogen and oxygen atoms in total. The maximum Gasteiger partial charge on any atom is 0.00722 e. The highest BCUT2D eigenvalue weighted by Gasteiger charge is 2.34. The standard InChI is InChI=1S/C15H27N/c1-3-4-6-12(2)16-15-8-5-7-14(11-15)13-9-10-13/h3,12-16H,1,4-11H2,2H3. The van der Waals surface area contributed by atoms with Crippen molar-refractivity contribution in [2.75, 3.05) is 0 Å². The van der Waals surface area contributed by atoms with E-state index in [2.05, 4.69) is 18.8 Å². The lowest BCUT2D eigenvalue weighted by atomic mass is 9.82. The Hall–Kier alpha value is -0.300. The zero-order valence-electron chi connectivity index (χ0n) is 10.8. The lowest BCUT2D eigenvalue weighted by Crippen LogP contribution is -2.40. The zero-order valence-corrected chi connectivity index (χ0v) is 10.8. The first-order valence-electron chi connectivity index (χ1n) is 7.16. The SMILES string of the molecule is C=CCCC(C)NC1CCCC(C2CC2)C1. The first-order valence-corrected chi connectivity index (χ1v) is 7.16. The third kappa shape index (κ3) is 3.62. The van der Waals surface area contributed by atoms with Crippen molar-refractivity contribution in [3.8, 4) is 0 Å². The van der Waals surface area contributed by atoms with Crippen LogP contribution in [0.1, 0.15) is 58.3 Å². The first kappa shape index (κ1) is 12.2. The van der Waals surface area contributed by atoms with Gasteiger partial charge in [-0.3, -0.25) is 0 Å². The van der Waals surface area contributed by atoms with E-state index >= 15 is 0 Å². The fraction of sp³-hybridized carbons (Fsp3) is 0.867.